The number of carbonyl (C=O) groups is 1. The van der Waals surface area contributed by atoms with Gasteiger partial charge in [0.05, 0.1) is 5.69 Å². The van der Waals surface area contributed by atoms with Gasteiger partial charge in [-0.2, -0.15) is 0 Å². The molecular formula is C20H24N2O2. The Kier molecular flexibility index (Phi) is 5.16. The third kappa shape index (κ3) is 3.29. The summed E-state index contributed by atoms with van der Waals surface area (Å²) in [5.74, 6) is 0.813. The maximum absolute atomic E-state index is 13.2. The molecule has 0 atom stereocenters. The van der Waals surface area contributed by atoms with Crippen molar-refractivity contribution in [2.24, 2.45) is 0 Å². The Labute approximate surface area is 143 Å². The fourth-order valence-electron chi connectivity index (χ4n) is 3.07. The molecule has 0 fully saturated rings. The molecule has 126 valence electrons. The molecule has 1 aliphatic heterocycles. The van der Waals surface area contributed by atoms with Gasteiger partial charge in [-0.05, 0) is 31.3 Å². The minimum Gasteiger partial charge on any atom is -0.487 e. The number of nitrogens with zero attached hydrogens (tertiary/aromatic N) is 2. The fraction of sp³-hybridized carbons (Fsp3) is 0.350. The smallest absolute Gasteiger partial charge is 0.258 e. The molecule has 4 heteroatoms. The highest BCUT2D eigenvalue weighted by Gasteiger charge is 2.25. The van der Waals surface area contributed by atoms with E-state index in [9.17, 15) is 4.79 Å². The Hall–Kier alpha value is -2.33. The van der Waals surface area contributed by atoms with E-state index in [0.717, 1.165) is 42.2 Å². The number of carbonyl (C=O) groups excluding carboxylic acids is 1. The van der Waals surface area contributed by atoms with Gasteiger partial charge in [-0.15, -0.1) is 0 Å². The summed E-state index contributed by atoms with van der Waals surface area (Å²) >= 11 is 0. The molecule has 1 amide bonds. The summed E-state index contributed by atoms with van der Waals surface area (Å²) in [4.78, 5) is 17.4. The van der Waals surface area contributed by atoms with Crippen molar-refractivity contribution in [3.05, 3.63) is 59.7 Å². The van der Waals surface area contributed by atoms with Crippen LogP contribution in [-0.4, -0.2) is 37.0 Å². The quantitative estimate of drug-likeness (QED) is 0.843. The van der Waals surface area contributed by atoms with Gasteiger partial charge in [0.1, 0.15) is 12.4 Å². The number of hydrogen-bond donors (Lipinski definition) is 0. The first-order valence-corrected chi connectivity index (χ1v) is 8.58. The molecule has 0 saturated heterocycles. The van der Waals surface area contributed by atoms with Crippen molar-refractivity contribution in [2.75, 3.05) is 31.1 Å². The summed E-state index contributed by atoms with van der Waals surface area (Å²) in [5, 5.41) is 0. The highest BCUT2D eigenvalue weighted by atomic mass is 16.5. The molecule has 0 saturated carbocycles. The normalized spacial score (nSPS) is 13.8. The summed E-state index contributed by atoms with van der Waals surface area (Å²) in [6.45, 7) is 8.16. The fourth-order valence-corrected chi connectivity index (χ4v) is 3.07. The monoisotopic (exact) mass is 324 g/mol. The Morgan fingerprint density at radius 1 is 1.04 bits per heavy atom. The van der Waals surface area contributed by atoms with E-state index in [1.165, 1.54) is 0 Å². The molecular weight excluding hydrogens is 300 g/mol. The van der Waals surface area contributed by atoms with Crippen LogP contribution in [0.3, 0.4) is 0 Å². The van der Waals surface area contributed by atoms with Gasteiger partial charge in [-0.25, -0.2) is 0 Å². The summed E-state index contributed by atoms with van der Waals surface area (Å²) < 4.78 is 5.99. The summed E-state index contributed by atoms with van der Waals surface area (Å²) in [6.07, 6.45) is 0. The standard InChI is InChI=1S/C20H24N2O2/c1-3-21(4-2)13-14-22-18-11-7-8-12-19(18)24-15-16-9-5-6-10-17(16)20(22)23/h5-12H,3-4,13-15H2,1-2H3. The lowest BCUT2D eigenvalue weighted by atomic mass is 10.1. The van der Waals surface area contributed by atoms with Crippen molar-refractivity contribution in [3.8, 4) is 5.75 Å². The lowest BCUT2D eigenvalue weighted by molar-refractivity contribution is 0.0977. The second kappa shape index (κ2) is 7.49. The molecule has 2 aromatic rings. The van der Waals surface area contributed by atoms with Crippen LogP contribution in [0.15, 0.2) is 48.5 Å². The van der Waals surface area contributed by atoms with Gasteiger partial charge in [0.25, 0.3) is 5.91 Å². The predicted molar refractivity (Wildman–Crippen MR) is 96.7 cm³/mol. The molecule has 0 bridgehead atoms. The van der Waals surface area contributed by atoms with Crippen molar-refractivity contribution in [1.82, 2.24) is 4.90 Å². The topological polar surface area (TPSA) is 32.8 Å². The summed E-state index contributed by atoms with van der Waals surface area (Å²) in [5.41, 5.74) is 2.51. The van der Waals surface area contributed by atoms with Crippen LogP contribution < -0.4 is 9.64 Å². The highest BCUT2D eigenvalue weighted by molar-refractivity contribution is 6.08. The first kappa shape index (κ1) is 16.5. The van der Waals surface area contributed by atoms with Crippen LogP contribution in [0.25, 0.3) is 0 Å². The molecule has 0 unspecified atom stereocenters. The third-order valence-corrected chi connectivity index (χ3v) is 4.57. The van der Waals surface area contributed by atoms with E-state index in [-0.39, 0.29) is 5.91 Å². The van der Waals surface area contributed by atoms with E-state index < -0.39 is 0 Å². The van der Waals surface area contributed by atoms with E-state index in [4.69, 9.17) is 4.74 Å². The molecule has 0 aromatic heterocycles. The molecule has 0 aliphatic carbocycles. The Balaban J connectivity index is 1.97. The van der Waals surface area contributed by atoms with Gasteiger partial charge in [-0.1, -0.05) is 44.2 Å². The van der Waals surface area contributed by atoms with E-state index in [1.807, 2.05) is 53.4 Å². The Bertz CT molecular complexity index is 710. The SMILES string of the molecule is CCN(CC)CCN1C(=O)c2ccccc2COc2ccccc21. The molecule has 4 nitrogen and oxygen atoms in total. The number of ether oxygens (including phenoxy) is 1. The van der Waals surface area contributed by atoms with Crippen LogP contribution in [0, 0.1) is 0 Å². The van der Waals surface area contributed by atoms with Gasteiger partial charge in [0, 0.05) is 24.2 Å². The number of amides is 1. The zero-order valence-electron chi connectivity index (χ0n) is 14.4. The molecule has 1 aliphatic rings. The molecule has 2 aromatic carbocycles. The van der Waals surface area contributed by atoms with Crippen LogP contribution in [0.2, 0.25) is 0 Å². The van der Waals surface area contributed by atoms with Crippen molar-refractivity contribution < 1.29 is 9.53 Å². The average Bonchev–Trinajstić information content (AvgIpc) is 2.63. The van der Waals surface area contributed by atoms with E-state index in [0.29, 0.717) is 13.2 Å². The highest BCUT2D eigenvalue weighted by Crippen LogP contribution is 2.32. The van der Waals surface area contributed by atoms with Crippen molar-refractivity contribution in [1.29, 1.82) is 0 Å². The maximum Gasteiger partial charge on any atom is 0.258 e. The van der Waals surface area contributed by atoms with Gasteiger partial charge in [0.15, 0.2) is 0 Å². The van der Waals surface area contributed by atoms with E-state index >= 15 is 0 Å². The van der Waals surface area contributed by atoms with Crippen LogP contribution >= 0.6 is 0 Å². The maximum atomic E-state index is 13.2. The number of likely N-dealkylation sites (N-methyl/N-ethyl adjacent to an activating group) is 1. The van der Waals surface area contributed by atoms with Crippen LogP contribution in [-0.2, 0) is 6.61 Å². The molecule has 3 rings (SSSR count). The minimum atomic E-state index is 0.0495. The second-order valence-corrected chi connectivity index (χ2v) is 5.90. The van der Waals surface area contributed by atoms with Crippen molar-refractivity contribution in [3.63, 3.8) is 0 Å². The largest absolute Gasteiger partial charge is 0.487 e. The number of hydrogen-bond acceptors (Lipinski definition) is 3. The van der Waals surface area contributed by atoms with Gasteiger partial charge in [0.2, 0.25) is 0 Å². The Morgan fingerprint density at radius 2 is 1.75 bits per heavy atom. The third-order valence-electron chi connectivity index (χ3n) is 4.57. The zero-order valence-corrected chi connectivity index (χ0v) is 14.4. The minimum absolute atomic E-state index is 0.0495. The number of benzene rings is 2. The first-order valence-electron chi connectivity index (χ1n) is 8.58. The van der Waals surface area contributed by atoms with Crippen LogP contribution in [0.5, 0.6) is 5.75 Å². The lowest BCUT2D eigenvalue weighted by Gasteiger charge is -2.30. The van der Waals surface area contributed by atoms with E-state index in [1.54, 1.807) is 0 Å². The second-order valence-electron chi connectivity index (χ2n) is 5.90. The number of anilines is 1. The summed E-state index contributed by atoms with van der Waals surface area (Å²) in [6, 6.07) is 15.5. The molecule has 1 heterocycles. The predicted octanol–water partition coefficient (Wildman–Crippen LogP) is 3.57. The number of para-hydroxylation sites is 2. The lowest BCUT2D eigenvalue weighted by Crippen LogP contribution is -2.40. The number of fused-ring (bicyclic) bond motifs is 2. The Morgan fingerprint density at radius 3 is 2.54 bits per heavy atom. The molecule has 0 spiro atoms. The van der Waals surface area contributed by atoms with Gasteiger partial charge >= 0.3 is 0 Å². The molecule has 0 radical (unpaired) electrons. The first-order chi connectivity index (χ1) is 11.7. The van der Waals surface area contributed by atoms with Gasteiger partial charge in [-0.3, -0.25) is 4.79 Å². The number of rotatable bonds is 5. The van der Waals surface area contributed by atoms with Crippen LogP contribution in [0.1, 0.15) is 29.8 Å². The van der Waals surface area contributed by atoms with Gasteiger partial charge < -0.3 is 14.5 Å². The van der Waals surface area contributed by atoms with Crippen LogP contribution in [0.4, 0.5) is 5.69 Å². The van der Waals surface area contributed by atoms with E-state index in [2.05, 4.69) is 18.7 Å². The average molecular weight is 324 g/mol. The summed E-state index contributed by atoms with van der Waals surface area (Å²) in [7, 11) is 0. The molecule has 0 N–H and O–H groups in total. The molecule has 24 heavy (non-hydrogen) atoms. The van der Waals surface area contributed by atoms with Crippen molar-refractivity contribution in [2.45, 2.75) is 20.5 Å². The van der Waals surface area contributed by atoms with Crippen molar-refractivity contribution >= 4 is 11.6 Å². The zero-order chi connectivity index (χ0) is 16.9.